The van der Waals surface area contributed by atoms with Crippen LogP contribution >= 0.6 is 11.6 Å². The van der Waals surface area contributed by atoms with Gasteiger partial charge in [-0.3, -0.25) is 14.4 Å². The number of ether oxygens (including phenoxy) is 2. The maximum atomic E-state index is 14.5. The number of para-hydroxylation sites is 2. The molecular weight excluding hydrogens is 784 g/mol. The van der Waals surface area contributed by atoms with Crippen molar-refractivity contribution in [1.82, 2.24) is 19.9 Å². The normalized spacial score (nSPS) is 17.0. The molecule has 1 aromatic heterocycles. The van der Waals surface area contributed by atoms with Crippen LogP contribution in [-0.4, -0.2) is 85.0 Å². The summed E-state index contributed by atoms with van der Waals surface area (Å²) in [5.41, 5.74) is 1.97. The second-order valence-corrected chi connectivity index (χ2v) is 17.7. The smallest absolute Gasteiger partial charge is 0.407 e. The monoisotopic (exact) mass is 834 g/mol. The number of nitrogens with one attached hydrogen (secondary N) is 2. The molecule has 5 rings (SSSR count). The summed E-state index contributed by atoms with van der Waals surface area (Å²) >= 11 is 6.07. The molecule has 310 valence electrons. The number of aromatic nitrogens is 1. The molecule has 1 saturated heterocycles. The molecule has 3 aromatic carbocycles. The van der Waals surface area contributed by atoms with Crippen LogP contribution in [0.2, 0.25) is 5.02 Å². The Labute approximate surface area is 344 Å². The Kier molecular flexibility index (Phi) is 15.4. The number of hydrogen-bond acceptors (Lipinski definition) is 10. The molecule has 2 N–H and O–H groups in total. The van der Waals surface area contributed by atoms with Gasteiger partial charge in [-0.2, -0.15) is 0 Å². The van der Waals surface area contributed by atoms with E-state index in [4.69, 9.17) is 25.5 Å². The predicted octanol–water partition coefficient (Wildman–Crippen LogP) is 7.14. The highest BCUT2D eigenvalue weighted by molar-refractivity contribution is 7.88. The van der Waals surface area contributed by atoms with E-state index in [1.54, 1.807) is 69.3 Å². The van der Waals surface area contributed by atoms with E-state index >= 15 is 0 Å². The van der Waals surface area contributed by atoms with Crippen LogP contribution < -0.4 is 10.0 Å². The van der Waals surface area contributed by atoms with Crippen molar-refractivity contribution >= 4 is 62.4 Å². The van der Waals surface area contributed by atoms with Crippen LogP contribution in [-0.2, 0) is 35.7 Å². The molecule has 4 atom stereocenters. The fourth-order valence-electron chi connectivity index (χ4n) is 6.70. The molecule has 1 aliphatic rings. The molecule has 13 nitrogen and oxygen atoms in total. The molecule has 0 saturated carbocycles. The fraction of sp³-hybridized carbons (Fsp3) is 0.419. The highest BCUT2D eigenvalue weighted by Crippen LogP contribution is 2.29. The Bertz CT molecular complexity index is 2140. The van der Waals surface area contributed by atoms with Crippen molar-refractivity contribution in [3.05, 3.63) is 107 Å². The summed E-state index contributed by atoms with van der Waals surface area (Å²) in [6.07, 6.45) is 4.49. The lowest BCUT2D eigenvalue weighted by molar-refractivity contribution is -0.139. The molecule has 1 fully saturated rings. The van der Waals surface area contributed by atoms with Crippen molar-refractivity contribution < 1.29 is 41.5 Å². The molecule has 0 radical (unpaired) electrons. The number of amides is 2. The second-order valence-electron chi connectivity index (χ2n) is 15.4. The molecule has 0 aliphatic carbocycles. The quantitative estimate of drug-likeness (QED) is 0.0730. The van der Waals surface area contributed by atoms with Gasteiger partial charge in [0.25, 0.3) is 5.89 Å². The van der Waals surface area contributed by atoms with Crippen LogP contribution in [0.4, 0.5) is 4.79 Å². The molecular formula is C43H51ClN4O9S. The first-order valence-electron chi connectivity index (χ1n) is 19.3. The van der Waals surface area contributed by atoms with Gasteiger partial charge in [-0.1, -0.05) is 84.8 Å². The number of Topliss-reactive ketones (excluding diaryl/α,β-unsaturated/α-hetero) is 2. The van der Waals surface area contributed by atoms with Gasteiger partial charge in [-0.15, -0.1) is 0 Å². The molecule has 2 amide bonds. The Morgan fingerprint density at radius 1 is 1.00 bits per heavy atom. The summed E-state index contributed by atoms with van der Waals surface area (Å²) < 4.78 is 44.9. The van der Waals surface area contributed by atoms with Crippen LogP contribution in [0.3, 0.4) is 0 Å². The zero-order chi connectivity index (χ0) is 41.9. The minimum Gasteiger partial charge on any atom is -0.444 e. The van der Waals surface area contributed by atoms with Crippen molar-refractivity contribution in [2.45, 2.75) is 89.7 Å². The molecule has 4 aromatic rings. The van der Waals surface area contributed by atoms with Crippen molar-refractivity contribution in [1.29, 1.82) is 0 Å². The Balaban J connectivity index is 1.37. The number of halogens is 1. The molecule has 0 bridgehead atoms. The number of ketones is 2. The van der Waals surface area contributed by atoms with Gasteiger partial charge < -0.3 is 24.1 Å². The maximum Gasteiger partial charge on any atom is 0.407 e. The minimum absolute atomic E-state index is 0.0185. The van der Waals surface area contributed by atoms with Crippen LogP contribution in [0.5, 0.6) is 0 Å². The van der Waals surface area contributed by atoms with Gasteiger partial charge in [0.1, 0.15) is 17.2 Å². The van der Waals surface area contributed by atoms with Crippen molar-refractivity contribution in [2.75, 3.05) is 19.3 Å². The van der Waals surface area contributed by atoms with Gasteiger partial charge in [-0.25, -0.2) is 22.9 Å². The zero-order valence-corrected chi connectivity index (χ0v) is 34.8. The van der Waals surface area contributed by atoms with E-state index in [9.17, 15) is 27.6 Å². The number of likely N-dealkylation sites (tertiary alicyclic amines) is 1. The first-order chi connectivity index (χ1) is 27.5. The molecule has 58 heavy (non-hydrogen) atoms. The predicted molar refractivity (Wildman–Crippen MR) is 222 cm³/mol. The number of fused-ring (bicyclic) bond motifs is 1. The second kappa shape index (κ2) is 20.2. The number of unbranched alkanes of at least 4 members (excludes halogenated alkanes) is 1. The SMILES string of the molecule is CC(C)(C)OC(=O)NCCCC[C@H](CC(=O)[C@@H]1C[C@@H](OCc2ccc(Cl)cc2)CN1C(=O)[C@@H](C/C=C/c1ccccc1)NS(C)(=O)=O)C(=O)c1nc2ccccc2o1. The highest BCUT2D eigenvalue weighted by atomic mass is 35.5. The lowest BCUT2D eigenvalue weighted by Gasteiger charge is -2.28. The van der Waals surface area contributed by atoms with Crippen molar-refractivity contribution in [3.8, 4) is 0 Å². The summed E-state index contributed by atoms with van der Waals surface area (Å²) in [4.78, 5) is 60.8. The number of oxazole rings is 1. The number of benzene rings is 3. The van der Waals surface area contributed by atoms with Crippen LogP contribution in [0.25, 0.3) is 17.2 Å². The largest absolute Gasteiger partial charge is 0.444 e. The minimum atomic E-state index is -3.85. The van der Waals surface area contributed by atoms with Gasteiger partial charge in [-0.05, 0) is 75.4 Å². The first kappa shape index (κ1) is 44.2. The van der Waals surface area contributed by atoms with Crippen LogP contribution in [0.1, 0.15) is 81.1 Å². The van der Waals surface area contributed by atoms with E-state index in [1.807, 2.05) is 42.5 Å². The first-order valence-corrected chi connectivity index (χ1v) is 21.6. The lowest BCUT2D eigenvalue weighted by atomic mass is 9.89. The van der Waals surface area contributed by atoms with Gasteiger partial charge in [0.2, 0.25) is 21.7 Å². The third-order valence-electron chi connectivity index (χ3n) is 9.42. The topological polar surface area (TPSA) is 174 Å². The van der Waals surface area contributed by atoms with E-state index in [-0.39, 0.29) is 57.1 Å². The number of hydrogen-bond donors (Lipinski definition) is 2. The average Bonchev–Trinajstić information content (AvgIpc) is 3.81. The van der Waals surface area contributed by atoms with Gasteiger partial charge in [0, 0.05) is 36.9 Å². The number of nitrogens with zero attached hydrogens (tertiary/aromatic N) is 2. The Morgan fingerprint density at radius 3 is 2.40 bits per heavy atom. The number of sulfonamides is 1. The van der Waals surface area contributed by atoms with Gasteiger partial charge in [0.05, 0.1) is 25.0 Å². The average molecular weight is 835 g/mol. The Morgan fingerprint density at radius 2 is 1.71 bits per heavy atom. The van der Waals surface area contributed by atoms with E-state index in [1.165, 1.54) is 4.90 Å². The summed E-state index contributed by atoms with van der Waals surface area (Å²) in [5.74, 6) is -2.43. The van der Waals surface area contributed by atoms with Crippen LogP contribution in [0.15, 0.2) is 89.4 Å². The molecule has 0 spiro atoms. The van der Waals surface area contributed by atoms with Gasteiger partial charge in [0.15, 0.2) is 11.4 Å². The molecule has 15 heteroatoms. The molecule has 1 aliphatic heterocycles. The van der Waals surface area contributed by atoms with Crippen molar-refractivity contribution in [3.63, 3.8) is 0 Å². The van der Waals surface area contributed by atoms with E-state index in [2.05, 4.69) is 15.0 Å². The zero-order valence-electron chi connectivity index (χ0n) is 33.2. The number of carbonyl (C=O) groups is 4. The van der Waals surface area contributed by atoms with Crippen molar-refractivity contribution in [2.24, 2.45) is 5.92 Å². The lowest BCUT2D eigenvalue weighted by Crippen LogP contribution is -2.51. The summed E-state index contributed by atoms with van der Waals surface area (Å²) in [6, 6.07) is 21.2. The van der Waals surface area contributed by atoms with E-state index in [0.717, 1.165) is 17.4 Å². The summed E-state index contributed by atoms with van der Waals surface area (Å²) in [7, 11) is -3.85. The fourth-order valence-corrected chi connectivity index (χ4v) is 7.54. The number of rotatable bonds is 19. The van der Waals surface area contributed by atoms with Gasteiger partial charge >= 0.3 is 6.09 Å². The maximum absolute atomic E-state index is 14.5. The third kappa shape index (κ3) is 13.6. The highest BCUT2D eigenvalue weighted by Gasteiger charge is 2.43. The number of alkyl carbamates (subject to hydrolysis) is 1. The van der Waals surface area contributed by atoms with E-state index < -0.39 is 57.5 Å². The Hall–Kier alpha value is -4.89. The standard InChI is InChI=1S/C43H51ClN4O9S/c1-43(2,3)57-42(52)45-24-11-10-16-31(39(50)40-46-34-17-8-9-19-38(34)56-40)25-37(49)36-26-33(55-28-30-20-22-32(44)23-21-30)27-48(36)41(51)35(47-58(4,53)54)18-12-15-29-13-6-5-7-14-29/h5-9,12-15,17,19-23,31,33,35-36,47H,10-11,16,18,24-28H2,1-4H3,(H,45,52)/b15-12+/t31-,33-,35-,36+/m1/s1. The molecule has 2 heterocycles. The summed E-state index contributed by atoms with van der Waals surface area (Å²) in [6.45, 7) is 5.80. The third-order valence-corrected chi connectivity index (χ3v) is 10.4. The van der Waals surface area contributed by atoms with Crippen LogP contribution in [0, 0.1) is 5.92 Å². The van der Waals surface area contributed by atoms with E-state index in [0.29, 0.717) is 29.0 Å². The summed E-state index contributed by atoms with van der Waals surface area (Å²) in [5, 5.41) is 3.28. The molecule has 0 unspecified atom stereocenters. The number of carbonyl (C=O) groups excluding carboxylic acids is 4.